The lowest BCUT2D eigenvalue weighted by molar-refractivity contribution is -0.128. The Morgan fingerprint density at radius 1 is 1.44 bits per heavy atom. The Morgan fingerprint density at radius 2 is 2.12 bits per heavy atom. The summed E-state index contributed by atoms with van der Waals surface area (Å²) in [6.45, 7) is 1.80. The quantitative estimate of drug-likeness (QED) is 0.774. The highest BCUT2D eigenvalue weighted by atomic mass is 19.2. The molecule has 0 aliphatic heterocycles. The molecule has 0 aromatic heterocycles. The monoisotopic (exact) mass is 228 g/mol. The van der Waals surface area contributed by atoms with Crippen LogP contribution < -0.4 is 0 Å². The van der Waals surface area contributed by atoms with Gasteiger partial charge in [0.2, 0.25) is 0 Å². The third kappa shape index (κ3) is 2.85. The average molecular weight is 228 g/mol. The standard InChI is InChI=1S/C12H14F2O2/c1-3-11(16-2)10(15)7-8-5-4-6-9(13)12(8)14/h4-6,11H,3,7H2,1-2H3. The summed E-state index contributed by atoms with van der Waals surface area (Å²) in [4.78, 5) is 11.6. The fraction of sp³-hybridized carbons (Fsp3) is 0.417. The van der Waals surface area contributed by atoms with E-state index < -0.39 is 17.7 Å². The van der Waals surface area contributed by atoms with E-state index in [-0.39, 0.29) is 17.8 Å². The fourth-order valence-corrected chi connectivity index (χ4v) is 1.51. The van der Waals surface area contributed by atoms with Crippen LogP contribution in [0.25, 0.3) is 0 Å². The fourth-order valence-electron chi connectivity index (χ4n) is 1.51. The van der Waals surface area contributed by atoms with Crippen LogP contribution >= 0.6 is 0 Å². The van der Waals surface area contributed by atoms with E-state index in [0.29, 0.717) is 6.42 Å². The Bertz CT molecular complexity index is 373. The minimum Gasteiger partial charge on any atom is -0.374 e. The molecule has 0 aliphatic carbocycles. The van der Waals surface area contributed by atoms with Crippen LogP contribution in [0.5, 0.6) is 0 Å². The lowest BCUT2D eigenvalue weighted by Crippen LogP contribution is -2.24. The van der Waals surface area contributed by atoms with Crippen molar-refractivity contribution in [3.63, 3.8) is 0 Å². The second-order valence-electron chi connectivity index (χ2n) is 3.49. The molecule has 1 unspecified atom stereocenters. The molecule has 4 heteroatoms. The van der Waals surface area contributed by atoms with Gasteiger partial charge in [0.25, 0.3) is 0 Å². The first-order valence-electron chi connectivity index (χ1n) is 5.08. The third-order valence-electron chi connectivity index (χ3n) is 2.41. The molecule has 2 nitrogen and oxygen atoms in total. The predicted octanol–water partition coefficient (Wildman–Crippen LogP) is 2.50. The molecule has 0 saturated heterocycles. The van der Waals surface area contributed by atoms with Crippen LogP contribution in [0, 0.1) is 11.6 Å². The van der Waals surface area contributed by atoms with Crippen LogP contribution in [0.2, 0.25) is 0 Å². The molecule has 0 aliphatic rings. The summed E-state index contributed by atoms with van der Waals surface area (Å²) in [5, 5.41) is 0. The molecule has 16 heavy (non-hydrogen) atoms. The highest BCUT2D eigenvalue weighted by molar-refractivity contribution is 5.85. The number of methoxy groups -OCH3 is 1. The van der Waals surface area contributed by atoms with Crippen molar-refractivity contribution < 1.29 is 18.3 Å². The highest BCUT2D eigenvalue weighted by Gasteiger charge is 2.18. The first-order chi connectivity index (χ1) is 7.60. The van der Waals surface area contributed by atoms with Gasteiger partial charge in [-0.25, -0.2) is 8.78 Å². The lowest BCUT2D eigenvalue weighted by Gasteiger charge is -2.11. The number of ether oxygens (including phenoxy) is 1. The number of rotatable bonds is 5. The maximum atomic E-state index is 13.3. The number of hydrogen-bond donors (Lipinski definition) is 0. The Labute approximate surface area is 93.2 Å². The van der Waals surface area contributed by atoms with E-state index in [2.05, 4.69) is 0 Å². The number of ketones is 1. The summed E-state index contributed by atoms with van der Waals surface area (Å²) in [6, 6.07) is 3.81. The zero-order valence-corrected chi connectivity index (χ0v) is 9.30. The van der Waals surface area contributed by atoms with Gasteiger partial charge in [-0.15, -0.1) is 0 Å². The zero-order chi connectivity index (χ0) is 12.1. The van der Waals surface area contributed by atoms with Gasteiger partial charge < -0.3 is 4.74 Å². The van der Waals surface area contributed by atoms with E-state index in [4.69, 9.17) is 4.74 Å². The van der Waals surface area contributed by atoms with Crippen molar-refractivity contribution in [2.45, 2.75) is 25.9 Å². The number of halogens is 2. The summed E-state index contributed by atoms with van der Waals surface area (Å²) in [5.41, 5.74) is 0.0699. The molecule has 0 N–H and O–H groups in total. The first-order valence-corrected chi connectivity index (χ1v) is 5.08. The van der Waals surface area contributed by atoms with Gasteiger partial charge in [0.05, 0.1) is 0 Å². The largest absolute Gasteiger partial charge is 0.374 e. The molecule has 1 rings (SSSR count). The Hall–Kier alpha value is -1.29. The normalized spacial score (nSPS) is 12.5. The van der Waals surface area contributed by atoms with Gasteiger partial charge in [-0.2, -0.15) is 0 Å². The van der Waals surface area contributed by atoms with E-state index in [9.17, 15) is 13.6 Å². The van der Waals surface area contributed by atoms with Gasteiger partial charge in [-0.3, -0.25) is 4.79 Å². The summed E-state index contributed by atoms with van der Waals surface area (Å²) in [5.74, 6) is -2.13. The van der Waals surface area contributed by atoms with E-state index in [0.717, 1.165) is 6.07 Å². The van der Waals surface area contributed by atoms with Crippen molar-refractivity contribution in [1.29, 1.82) is 0 Å². The van der Waals surface area contributed by atoms with Gasteiger partial charge >= 0.3 is 0 Å². The Kier molecular flexibility index (Phi) is 4.55. The van der Waals surface area contributed by atoms with Gasteiger partial charge in [-0.1, -0.05) is 19.1 Å². The van der Waals surface area contributed by atoms with Crippen molar-refractivity contribution in [3.8, 4) is 0 Å². The summed E-state index contributed by atoms with van der Waals surface area (Å²) in [6.07, 6.45) is -0.176. The molecule has 0 fully saturated rings. The summed E-state index contributed by atoms with van der Waals surface area (Å²) >= 11 is 0. The Morgan fingerprint density at radius 3 is 2.69 bits per heavy atom. The number of hydrogen-bond acceptors (Lipinski definition) is 2. The molecule has 0 heterocycles. The van der Waals surface area contributed by atoms with Crippen LogP contribution in [-0.2, 0) is 16.0 Å². The first kappa shape index (κ1) is 12.8. The second kappa shape index (κ2) is 5.70. The average Bonchev–Trinajstić information content (AvgIpc) is 2.26. The molecule has 1 atom stereocenters. The topological polar surface area (TPSA) is 26.3 Å². The minimum atomic E-state index is -0.957. The maximum absolute atomic E-state index is 13.3. The molecule has 0 saturated carbocycles. The molecular weight excluding hydrogens is 214 g/mol. The van der Waals surface area contributed by atoms with Crippen LogP contribution in [0.15, 0.2) is 18.2 Å². The second-order valence-corrected chi connectivity index (χ2v) is 3.49. The molecule has 1 aromatic carbocycles. The highest BCUT2D eigenvalue weighted by Crippen LogP contribution is 2.13. The van der Waals surface area contributed by atoms with Crippen molar-refractivity contribution in [3.05, 3.63) is 35.4 Å². The summed E-state index contributed by atoms with van der Waals surface area (Å²) in [7, 11) is 1.42. The smallest absolute Gasteiger partial charge is 0.165 e. The molecule has 0 amide bonds. The van der Waals surface area contributed by atoms with Gasteiger partial charge in [0.1, 0.15) is 6.10 Å². The number of Topliss-reactive ketones (excluding diaryl/α,β-unsaturated/α-hetero) is 1. The molecule has 0 bridgehead atoms. The van der Waals surface area contributed by atoms with Crippen LogP contribution in [-0.4, -0.2) is 19.0 Å². The van der Waals surface area contributed by atoms with Crippen molar-refractivity contribution in [2.24, 2.45) is 0 Å². The third-order valence-corrected chi connectivity index (χ3v) is 2.41. The minimum absolute atomic E-state index is 0.0699. The lowest BCUT2D eigenvalue weighted by atomic mass is 10.0. The van der Waals surface area contributed by atoms with Crippen molar-refractivity contribution >= 4 is 5.78 Å². The van der Waals surface area contributed by atoms with Crippen molar-refractivity contribution in [2.75, 3.05) is 7.11 Å². The van der Waals surface area contributed by atoms with Crippen LogP contribution in [0.1, 0.15) is 18.9 Å². The van der Waals surface area contributed by atoms with Gasteiger partial charge in [-0.05, 0) is 18.1 Å². The molecule has 1 aromatic rings. The molecular formula is C12H14F2O2. The van der Waals surface area contributed by atoms with Gasteiger partial charge in [0.15, 0.2) is 17.4 Å². The van der Waals surface area contributed by atoms with Crippen LogP contribution in [0.4, 0.5) is 8.78 Å². The van der Waals surface area contributed by atoms with E-state index in [1.54, 1.807) is 6.92 Å². The Balaban J connectivity index is 2.80. The van der Waals surface area contributed by atoms with Crippen molar-refractivity contribution in [1.82, 2.24) is 0 Å². The number of benzene rings is 1. The van der Waals surface area contributed by atoms with E-state index in [1.165, 1.54) is 19.2 Å². The molecule has 0 spiro atoms. The van der Waals surface area contributed by atoms with E-state index in [1.807, 2.05) is 0 Å². The summed E-state index contributed by atoms with van der Waals surface area (Å²) < 4.78 is 31.1. The zero-order valence-electron chi connectivity index (χ0n) is 9.30. The SMILES string of the molecule is CCC(OC)C(=O)Cc1cccc(F)c1F. The van der Waals surface area contributed by atoms with Crippen LogP contribution in [0.3, 0.4) is 0 Å². The van der Waals surface area contributed by atoms with Gasteiger partial charge in [0, 0.05) is 13.5 Å². The van der Waals surface area contributed by atoms with E-state index >= 15 is 0 Å². The molecule has 0 radical (unpaired) electrons. The number of carbonyl (C=O) groups excluding carboxylic acids is 1. The predicted molar refractivity (Wildman–Crippen MR) is 56.2 cm³/mol. The number of carbonyl (C=O) groups is 1. The molecule has 88 valence electrons. The maximum Gasteiger partial charge on any atom is 0.165 e.